The third-order valence-electron chi connectivity index (χ3n) is 2.23. The summed E-state index contributed by atoms with van der Waals surface area (Å²) in [5.41, 5.74) is 6.76. The van der Waals surface area contributed by atoms with E-state index >= 15 is 0 Å². The molecule has 2 nitrogen and oxygen atoms in total. The van der Waals surface area contributed by atoms with Gasteiger partial charge in [0.05, 0.1) is 5.69 Å². The standard InChI is InChI=1S/C9H12N2S/c10-9-11-8(6-12-9)7-4-2-1-3-5-7/h1-2,6-7H,3-5H2,(H2,10,11). The lowest BCUT2D eigenvalue weighted by Gasteiger charge is -2.14. The first-order chi connectivity index (χ1) is 5.86. The van der Waals surface area contributed by atoms with E-state index in [0.717, 1.165) is 6.42 Å². The smallest absolute Gasteiger partial charge is 0.180 e. The lowest BCUT2D eigenvalue weighted by atomic mass is 9.92. The third kappa shape index (κ3) is 1.50. The molecular weight excluding hydrogens is 168 g/mol. The van der Waals surface area contributed by atoms with Gasteiger partial charge in [-0.1, -0.05) is 12.2 Å². The second-order valence-corrected chi connectivity index (χ2v) is 3.98. The van der Waals surface area contributed by atoms with Gasteiger partial charge in [0.25, 0.3) is 0 Å². The molecule has 0 saturated heterocycles. The van der Waals surface area contributed by atoms with Gasteiger partial charge in [-0.25, -0.2) is 4.98 Å². The highest BCUT2D eigenvalue weighted by atomic mass is 32.1. The molecule has 0 saturated carbocycles. The summed E-state index contributed by atoms with van der Waals surface area (Å²) in [5, 5.41) is 2.78. The fourth-order valence-electron chi connectivity index (χ4n) is 1.55. The van der Waals surface area contributed by atoms with E-state index in [2.05, 4.69) is 22.5 Å². The van der Waals surface area contributed by atoms with E-state index in [1.165, 1.54) is 18.5 Å². The highest BCUT2D eigenvalue weighted by molar-refractivity contribution is 7.13. The molecule has 0 spiro atoms. The van der Waals surface area contributed by atoms with E-state index in [4.69, 9.17) is 5.73 Å². The Kier molecular flexibility index (Phi) is 2.13. The SMILES string of the molecule is Nc1nc(C2CC=CCC2)cs1. The Morgan fingerprint density at radius 3 is 3.00 bits per heavy atom. The summed E-state index contributed by atoms with van der Waals surface area (Å²) in [4.78, 5) is 4.30. The highest BCUT2D eigenvalue weighted by Crippen LogP contribution is 2.30. The van der Waals surface area contributed by atoms with Crippen molar-refractivity contribution in [3.8, 4) is 0 Å². The molecule has 1 unspecified atom stereocenters. The normalized spacial score (nSPS) is 22.8. The van der Waals surface area contributed by atoms with Gasteiger partial charge in [0.15, 0.2) is 5.13 Å². The lowest BCUT2D eigenvalue weighted by Crippen LogP contribution is -2.01. The van der Waals surface area contributed by atoms with Crippen molar-refractivity contribution in [2.75, 3.05) is 5.73 Å². The lowest BCUT2D eigenvalue weighted by molar-refractivity contribution is 0.605. The quantitative estimate of drug-likeness (QED) is 0.674. The van der Waals surface area contributed by atoms with Gasteiger partial charge >= 0.3 is 0 Å². The van der Waals surface area contributed by atoms with Crippen molar-refractivity contribution in [3.05, 3.63) is 23.2 Å². The van der Waals surface area contributed by atoms with Gasteiger partial charge in [-0.15, -0.1) is 11.3 Å². The molecule has 0 aromatic carbocycles. The fourth-order valence-corrected chi connectivity index (χ4v) is 2.20. The van der Waals surface area contributed by atoms with Crippen LogP contribution in [0.3, 0.4) is 0 Å². The van der Waals surface area contributed by atoms with Crippen molar-refractivity contribution >= 4 is 16.5 Å². The molecule has 1 aliphatic carbocycles. The minimum Gasteiger partial charge on any atom is -0.375 e. The molecule has 0 amide bonds. The Labute approximate surface area is 76.1 Å². The maximum absolute atomic E-state index is 5.57. The van der Waals surface area contributed by atoms with Gasteiger partial charge < -0.3 is 5.73 Å². The molecule has 12 heavy (non-hydrogen) atoms. The Hall–Kier alpha value is -0.830. The first-order valence-corrected chi connectivity index (χ1v) is 5.10. The van der Waals surface area contributed by atoms with E-state index in [1.807, 2.05) is 0 Å². The second-order valence-electron chi connectivity index (χ2n) is 3.09. The van der Waals surface area contributed by atoms with Gasteiger partial charge in [0.1, 0.15) is 0 Å². The van der Waals surface area contributed by atoms with Crippen molar-refractivity contribution < 1.29 is 0 Å². The van der Waals surface area contributed by atoms with E-state index < -0.39 is 0 Å². The summed E-state index contributed by atoms with van der Waals surface area (Å²) in [6, 6.07) is 0. The third-order valence-corrected chi connectivity index (χ3v) is 2.92. The molecule has 1 heterocycles. The van der Waals surface area contributed by atoms with Crippen molar-refractivity contribution in [3.63, 3.8) is 0 Å². The molecule has 1 atom stereocenters. The number of thiazole rings is 1. The van der Waals surface area contributed by atoms with Crippen LogP contribution in [0.15, 0.2) is 17.5 Å². The zero-order chi connectivity index (χ0) is 8.39. The Morgan fingerprint density at radius 2 is 2.42 bits per heavy atom. The van der Waals surface area contributed by atoms with Crippen molar-refractivity contribution in [2.45, 2.75) is 25.2 Å². The topological polar surface area (TPSA) is 38.9 Å². The van der Waals surface area contributed by atoms with Crippen LogP contribution in [0.25, 0.3) is 0 Å². The number of hydrogen-bond acceptors (Lipinski definition) is 3. The molecule has 2 rings (SSSR count). The first kappa shape index (κ1) is 7.80. The van der Waals surface area contributed by atoms with Crippen LogP contribution < -0.4 is 5.73 Å². The molecule has 0 fully saturated rings. The van der Waals surface area contributed by atoms with Gasteiger partial charge in [0.2, 0.25) is 0 Å². The average molecular weight is 180 g/mol. The minimum atomic E-state index is 0.614. The maximum Gasteiger partial charge on any atom is 0.180 e. The number of rotatable bonds is 1. The predicted molar refractivity (Wildman–Crippen MR) is 52.3 cm³/mol. The molecule has 0 aliphatic heterocycles. The van der Waals surface area contributed by atoms with E-state index in [1.54, 1.807) is 11.3 Å². The van der Waals surface area contributed by atoms with E-state index in [9.17, 15) is 0 Å². The summed E-state index contributed by atoms with van der Waals surface area (Å²) in [6.45, 7) is 0. The fraction of sp³-hybridized carbons (Fsp3) is 0.444. The Morgan fingerprint density at radius 1 is 1.50 bits per heavy atom. The summed E-state index contributed by atoms with van der Waals surface area (Å²) >= 11 is 1.54. The van der Waals surface area contributed by atoms with E-state index in [0.29, 0.717) is 11.0 Å². The Balaban J connectivity index is 2.14. The van der Waals surface area contributed by atoms with Crippen molar-refractivity contribution in [1.82, 2.24) is 4.98 Å². The summed E-state index contributed by atoms with van der Waals surface area (Å²) < 4.78 is 0. The van der Waals surface area contributed by atoms with Crippen LogP contribution >= 0.6 is 11.3 Å². The van der Waals surface area contributed by atoms with Crippen molar-refractivity contribution in [1.29, 1.82) is 0 Å². The van der Waals surface area contributed by atoms with Crippen LogP contribution in [0.4, 0.5) is 5.13 Å². The monoisotopic (exact) mass is 180 g/mol. The zero-order valence-electron chi connectivity index (χ0n) is 6.86. The number of nitrogens with zero attached hydrogens (tertiary/aromatic N) is 1. The highest BCUT2D eigenvalue weighted by Gasteiger charge is 2.14. The summed E-state index contributed by atoms with van der Waals surface area (Å²) in [5.74, 6) is 0.614. The molecule has 1 aromatic heterocycles. The molecule has 0 bridgehead atoms. The van der Waals surface area contributed by atoms with Crippen LogP contribution in [0.5, 0.6) is 0 Å². The van der Waals surface area contributed by atoms with Gasteiger partial charge in [-0.2, -0.15) is 0 Å². The molecule has 64 valence electrons. The molecule has 3 heteroatoms. The summed E-state index contributed by atoms with van der Waals surface area (Å²) in [7, 11) is 0. The molecule has 1 aliphatic rings. The maximum atomic E-state index is 5.57. The van der Waals surface area contributed by atoms with Crippen molar-refractivity contribution in [2.24, 2.45) is 0 Å². The molecule has 1 aromatic rings. The van der Waals surface area contributed by atoms with Crippen LogP contribution in [0.2, 0.25) is 0 Å². The molecule has 0 radical (unpaired) electrons. The second kappa shape index (κ2) is 3.27. The van der Waals surface area contributed by atoms with Crippen LogP contribution in [-0.4, -0.2) is 4.98 Å². The van der Waals surface area contributed by atoms with Crippen LogP contribution in [-0.2, 0) is 0 Å². The zero-order valence-corrected chi connectivity index (χ0v) is 7.68. The van der Waals surface area contributed by atoms with E-state index in [-0.39, 0.29) is 0 Å². The number of allylic oxidation sites excluding steroid dienone is 2. The van der Waals surface area contributed by atoms with Gasteiger partial charge in [-0.05, 0) is 19.3 Å². The summed E-state index contributed by atoms with van der Waals surface area (Å²) in [6.07, 6.45) is 8.01. The average Bonchev–Trinajstić information content (AvgIpc) is 2.54. The number of aromatic nitrogens is 1. The first-order valence-electron chi connectivity index (χ1n) is 4.22. The number of nitrogens with two attached hydrogens (primary N) is 1. The molecule has 2 N–H and O–H groups in total. The number of hydrogen-bond donors (Lipinski definition) is 1. The number of nitrogen functional groups attached to an aromatic ring is 1. The van der Waals surface area contributed by atoms with Crippen LogP contribution in [0, 0.1) is 0 Å². The van der Waals surface area contributed by atoms with Gasteiger partial charge in [-0.3, -0.25) is 0 Å². The molecular formula is C9H12N2S. The predicted octanol–water partition coefficient (Wildman–Crippen LogP) is 2.55. The van der Waals surface area contributed by atoms with Crippen LogP contribution in [0.1, 0.15) is 30.9 Å². The Bertz CT molecular complexity index is 290. The van der Waals surface area contributed by atoms with Gasteiger partial charge in [0, 0.05) is 11.3 Å². The number of anilines is 1. The minimum absolute atomic E-state index is 0.614. The largest absolute Gasteiger partial charge is 0.375 e.